The Kier molecular flexibility index (Phi) is 3.80. The molecule has 0 bridgehead atoms. The third-order valence-electron chi connectivity index (χ3n) is 1.84. The molecule has 0 saturated heterocycles. The van der Waals surface area contributed by atoms with Gasteiger partial charge in [-0.3, -0.25) is 4.79 Å². The molecular weight excluding hydrogens is 260 g/mol. The number of esters is 1. The van der Waals surface area contributed by atoms with Crippen molar-refractivity contribution in [1.82, 2.24) is 0 Å². The van der Waals surface area contributed by atoms with Gasteiger partial charge in [-0.15, -0.1) is 0 Å². The SMILES string of the molecule is C=CC(=O)c1ccc(C(=O)OC)c(Br)c1. The van der Waals surface area contributed by atoms with E-state index < -0.39 is 5.97 Å². The van der Waals surface area contributed by atoms with E-state index in [2.05, 4.69) is 27.2 Å². The Morgan fingerprint density at radius 2 is 2.13 bits per heavy atom. The lowest BCUT2D eigenvalue weighted by Crippen LogP contribution is -2.03. The number of methoxy groups -OCH3 is 1. The van der Waals surface area contributed by atoms with Gasteiger partial charge in [-0.05, 0) is 34.1 Å². The molecule has 0 radical (unpaired) electrons. The van der Waals surface area contributed by atoms with Gasteiger partial charge in [0, 0.05) is 10.0 Å². The van der Waals surface area contributed by atoms with Gasteiger partial charge in [0.25, 0.3) is 0 Å². The molecule has 0 unspecified atom stereocenters. The first-order chi connectivity index (χ1) is 7.10. The van der Waals surface area contributed by atoms with E-state index in [1.807, 2.05) is 0 Å². The fourth-order valence-corrected chi connectivity index (χ4v) is 1.60. The zero-order chi connectivity index (χ0) is 11.4. The highest BCUT2D eigenvalue weighted by Gasteiger charge is 2.11. The minimum absolute atomic E-state index is 0.188. The third kappa shape index (κ3) is 2.53. The highest BCUT2D eigenvalue weighted by atomic mass is 79.9. The summed E-state index contributed by atoms with van der Waals surface area (Å²) in [5.74, 6) is -0.633. The summed E-state index contributed by atoms with van der Waals surface area (Å²) in [6.07, 6.45) is 1.22. The lowest BCUT2D eigenvalue weighted by molar-refractivity contribution is 0.0599. The second kappa shape index (κ2) is 4.89. The number of ether oxygens (including phenoxy) is 1. The summed E-state index contributed by atoms with van der Waals surface area (Å²) >= 11 is 3.20. The monoisotopic (exact) mass is 268 g/mol. The molecule has 1 aromatic rings. The number of hydrogen-bond donors (Lipinski definition) is 0. The van der Waals surface area contributed by atoms with Crippen molar-refractivity contribution in [3.05, 3.63) is 46.5 Å². The minimum atomic E-state index is -0.445. The zero-order valence-electron chi connectivity index (χ0n) is 8.12. The van der Waals surface area contributed by atoms with Crippen LogP contribution in [0.25, 0.3) is 0 Å². The van der Waals surface area contributed by atoms with Crippen LogP contribution in [0.4, 0.5) is 0 Å². The Morgan fingerprint density at radius 3 is 2.60 bits per heavy atom. The molecule has 0 aromatic heterocycles. The molecule has 0 spiro atoms. The lowest BCUT2D eigenvalue weighted by atomic mass is 10.1. The fourth-order valence-electron chi connectivity index (χ4n) is 1.06. The normalized spacial score (nSPS) is 9.47. The second-order valence-corrected chi connectivity index (χ2v) is 3.61. The van der Waals surface area contributed by atoms with Gasteiger partial charge >= 0.3 is 5.97 Å². The Balaban J connectivity index is 3.13. The van der Waals surface area contributed by atoms with E-state index in [4.69, 9.17) is 0 Å². The van der Waals surface area contributed by atoms with Crippen molar-refractivity contribution in [2.24, 2.45) is 0 Å². The predicted molar refractivity (Wildman–Crippen MR) is 60.0 cm³/mol. The van der Waals surface area contributed by atoms with Crippen LogP contribution in [0.3, 0.4) is 0 Å². The molecule has 1 rings (SSSR count). The maximum atomic E-state index is 11.3. The number of allylic oxidation sites excluding steroid dienone is 1. The first kappa shape index (κ1) is 11.7. The highest BCUT2D eigenvalue weighted by molar-refractivity contribution is 9.10. The van der Waals surface area contributed by atoms with Crippen LogP contribution in [-0.4, -0.2) is 18.9 Å². The van der Waals surface area contributed by atoms with Crippen molar-refractivity contribution < 1.29 is 14.3 Å². The van der Waals surface area contributed by atoms with Crippen LogP contribution in [0.1, 0.15) is 20.7 Å². The molecule has 0 saturated carbocycles. The maximum Gasteiger partial charge on any atom is 0.339 e. The van der Waals surface area contributed by atoms with E-state index in [9.17, 15) is 9.59 Å². The topological polar surface area (TPSA) is 43.4 Å². The second-order valence-electron chi connectivity index (χ2n) is 2.75. The zero-order valence-corrected chi connectivity index (χ0v) is 9.71. The number of carbonyl (C=O) groups is 2. The maximum absolute atomic E-state index is 11.3. The molecule has 0 N–H and O–H groups in total. The van der Waals surface area contributed by atoms with E-state index >= 15 is 0 Å². The summed E-state index contributed by atoms with van der Waals surface area (Å²) in [7, 11) is 1.30. The molecule has 0 aliphatic heterocycles. The van der Waals surface area contributed by atoms with Crippen LogP contribution in [-0.2, 0) is 4.74 Å². The lowest BCUT2D eigenvalue weighted by Gasteiger charge is -2.03. The Bertz CT molecular complexity index is 424. The van der Waals surface area contributed by atoms with Gasteiger partial charge in [-0.2, -0.15) is 0 Å². The number of rotatable bonds is 3. The van der Waals surface area contributed by atoms with Crippen LogP contribution >= 0.6 is 15.9 Å². The van der Waals surface area contributed by atoms with Crippen molar-refractivity contribution >= 4 is 27.7 Å². The molecule has 0 heterocycles. The van der Waals surface area contributed by atoms with Gasteiger partial charge < -0.3 is 4.74 Å². The quantitative estimate of drug-likeness (QED) is 0.481. The summed E-state index contributed by atoms with van der Waals surface area (Å²) in [6, 6.07) is 4.66. The van der Waals surface area contributed by atoms with Crippen molar-refractivity contribution in [3.63, 3.8) is 0 Å². The number of halogens is 1. The van der Waals surface area contributed by atoms with Crippen LogP contribution < -0.4 is 0 Å². The van der Waals surface area contributed by atoms with Gasteiger partial charge in [0.2, 0.25) is 0 Å². The summed E-state index contributed by atoms with van der Waals surface area (Å²) in [6.45, 7) is 3.38. The van der Waals surface area contributed by atoms with Gasteiger partial charge in [0.15, 0.2) is 5.78 Å². The van der Waals surface area contributed by atoms with Crippen molar-refractivity contribution in [2.45, 2.75) is 0 Å². The molecule has 15 heavy (non-hydrogen) atoms. The smallest absolute Gasteiger partial charge is 0.339 e. The summed E-state index contributed by atoms with van der Waals surface area (Å²) < 4.78 is 5.10. The highest BCUT2D eigenvalue weighted by Crippen LogP contribution is 2.19. The Labute approximate surface area is 95.9 Å². The first-order valence-corrected chi connectivity index (χ1v) is 4.94. The Morgan fingerprint density at radius 1 is 1.47 bits per heavy atom. The number of benzene rings is 1. The molecule has 4 heteroatoms. The molecule has 0 atom stereocenters. The van der Waals surface area contributed by atoms with Crippen molar-refractivity contribution in [3.8, 4) is 0 Å². The number of ketones is 1. The molecule has 1 aromatic carbocycles. The largest absolute Gasteiger partial charge is 0.465 e. The fraction of sp³-hybridized carbons (Fsp3) is 0.0909. The van der Waals surface area contributed by atoms with E-state index in [-0.39, 0.29) is 5.78 Å². The van der Waals surface area contributed by atoms with Crippen LogP contribution in [0, 0.1) is 0 Å². The number of hydrogen-bond acceptors (Lipinski definition) is 3. The Hall–Kier alpha value is -1.42. The summed E-state index contributed by atoms with van der Waals surface area (Å²) in [4.78, 5) is 22.5. The van der Waals surface area contributed by atoms with Gasteiger partial charge in [-0.1, -0.05) is 12.6 Å². The van der Waals surface area contributed by atoms with Crippen LogP contribution in [0.15, 0.2) is 35.3 Å². The van der Waals surface area contributed by atoms with Crippen molar-refractivity contribution in [2.75, 3.05) is 7.11 Å². The van der Waals surface area contributed by atoms with E-state index in [0.717, 1.165) is 0 Å². The predicted octanol–water partition coefficient (Wildman–Crippen LogP) is 2.60. The van der Waals surface area contributed by atoms with E-state index in [1.165, 1.54) is 19.3 Å². The molecular formula is C11H9BrO3. The molecule has 3 nitrogen and oxygen atoms in total. The van der Waals surface area contributed by atoms with Gasteiger partial charge in [0.1, 0.15) is 0 Å². The van der Waals surface area contributed by atoms with E-state index in [0.29, 0.717) is 15.6 Å². The van der Waals surface area contributed by atoms with Gasteiger partial charge in [-0.25, -0.2) is 4.79 Å². The molecule has 78 valence electrons. The average molecular weight is 269 g/mol. The number of carbonyl (C=O) groups excluding carboxylic acids is 2. The first-order valence-electron chi connectivity index (χ1n) is 4.14. The average Bonchev–Trinajstić information content (AvgIpc) is 2.26. The molecule has 0 amide bonds. The molecule has 0 aliphatic carbocycles. The van der Waals surface area contributed by atoms with Crippen LogP contribution in [0.5, 0.6) is 0 Å². The van der Waals surface area contributed by atoms with Gasteiger partial charge in [0.05, 0.1) is 12.7 Å². The van der Waals surface area contributed by atoms with Crippen molar-refractivity contribution in [1.29, 1.82) is 0 Å². The minimum Gasteiger partial charge on any atom is -0.465 e. The molecule has 0 aliphatic rings. The summed E-state index contributed by atoms with van der Waals surface area (Å²) in [5.41, 5.74) is 0.864. The van der Waals surface area contributed by atoms with Crippen LogP contribution in [0.2, 0.25) is 0 Å². The third-order valence-corrected chi connectivity index (χ3v) is 2.50. The standard InChI is InChI=1S/C11H9BrO3/c1-3-10(13)7-4-5-8(9(12)6-7)11(14)15-2/h3-6H,1H2,2H3. The molecule has 0 fully saturated rings. The van der Waals surface area contributed by atoms with E-state index in [1.54, 1.807) is 12.1 Å². The summed E-state index contributed by atoms with van der Waals surface area (Å²) in [5, 5.41) is 0.